The van der Waals surface area contributed by atoms with Gasteiger partial charge in [0.1, 0.15) is 11.5 Å². The molecule has 32 heavy (non-hydrogen) atoms. The average Bonchev–Trinajstić information content (AvgIpc) is 2.79. The Morgan fingerprint density at radius 3 is 2.50 bits per heavy atom. The number of nitrogens with one attached hydrogen (secondary N) is 1. The fourth-order valence-electron chi connectivity index (χ4n) is 3.90. The fourth-order valence-corrected chi connectivity index (χ4v) is 3.90. The Bertz CT molecular complexity index is 996. The fraction of sp³-hybridized carbons (Fsp3) is 0.375. The summed E-state index contributed by atoms with van der Waals surface area (Å²) in [5, 5.41) is 2.72. The van der Waals surface area contributed by atoms with Gasteiger partial charge in [-0.25, -0.2) is 0 Å². The molecule has 1 fully saturated rings. The molecule has 1 N–H and O–H groups in total. The number of methoxy groups -OCH3 is 2. The zero-order valence-corrected chi connectivity index (χ0v) is 19.2. The number of nitrogens with zero attached hydrogens (tertiary/aromatic N) is 3. The number of likely N-dealkylation sites (N-methyl/N-ethyl adjacent to an activating group) is 1. The summed E-state index contributed by atoms with van der Waals surface area (Å²) >= 11 is 0. The molecule has 1 aliphatic heterocycles. The summed E-state index contributed by atoms with van der Waals surface area (Å²) in [6.45, 7) is 3.34. The number of likely N-dealkylation sites (tertiary alicyclic amines) is 1. The van der Waals surface area contributed by atoms with Crippen LogP contribution >= 0.6 is 0 Å². The number of benzene rings is 1. The lowest BCUT2D eigenvalue weighted by Crippen LogP contribution is -2.54. The number of carbonyl (C=O) groups excluding carboxylic acids is 2. The first-order chi connectivity index (χ1) is 15.4. The number of hydrogen-bond acceptors (Lipinski definition) is 6. The van der Waals surface area contributed by atoms with Gasteiger partial charge >= 0.3 is 0 Å². The number of ether oxygens (including phenoxy) is 2. The van der Waals surface area contributed by atoms with Crippen molar-refractivity contribution in [2.45, 2.75) is 25.9 Å². The van der Waals surface area contributed by atoms with Crippen LogP contribution in [0.4, 0.5) is 0 Å². The Balaban J connectivity index is 2.07. The van der Waals surface area contributed by atoms with E-state index in [1.165, 1.54) is 4.90 Å². The molecule has 1 unspecified atom stereocenters. The molecular weight excluding hydrogens is 408 g/mol. The highest BCUT2D eigenvalue weighted by Crippen LogP contribution is 2.38. The van der Waals surface area contributed by atoms with Gasteiger partial charge in [0.15, 0.2) is 0 Å². The van der Waals surface area contributed by atoms with Crippen LogP contribution in [0.2, 0.25) is 0 Å². The van der Waals surface area contributed by atoms with Crippen molar-refractivity contribution in [2.75, 3.05) is 34.9 Å². The monoisotopic (exact) mass is 438 g/mol. The molecule has 1 aromatic heterocycles. The first kappa shape index (κ1) is 23.3. The molecule has 170 valence electrons. The van der Waals surface area contributed by atoms with Crippen LogP contribution < -0.4 is 14.8 Å². The smallest absolute Gasteiger partial charge is 0.237 e. The van der Waals surface area contributed by atoms with Crippen molar-refractivity contribution < 1.29 is 19.1 Å². The molecule has 1 aromatic carbocycles. The van der Waals surface area contributed by atoms with E-state index in [1.807, 2.05) is 25.1 Å². The van der Waals surface area contributed by atoms with Crippen molar-refractivity contribution in [1.82, 2.24) is 20.1 Å². The number of pyridine rings is 1. The summed E-state index contributed by atoms with van der Waals surface area (Å²) in [7, 11) is 6.58. The van der Waals surface area contributed by atoms with Crippen molar-refractivity contribution in [3.8, 4) is 11.5 Å². The zero-order chi connectivity index (χ0) is 23.3. The normalized spacial score (nSPS) is 16.2. The van der Waals surface area contributed by atoms with Crippen LogP contribution in [0.15, 0.2) is 36.8 Å². The summed E-state index contributed by atoms with van der Waals surface area (Å²) in [5.74, 6) is 1.34. The van der Waals surface area contributed by atoms with Gasteiger partial charge in [-0.15, -0.1) is 0 Å². The molecule has 2 aromatic rings. The lowest BCUT2D eigenvalue weighted by atomic mass is 9.93. The maximum Gasteiger partial charge on any atom is 0.237 e. The molecule has 0 radical (unpaired) electrons. The molecule has 8 nitrogen and oxygen atoms in total. The Morgan fingerprint density at radius 2 is 2.00 bits per heavy atom. The third kappa shape index (κ3) is 4.75. The van der Waals surface area contributed by atoms with E-state index in [-0.39, 0.29) is 11.9 Å². The second-order valence-corrected chi connectivity index (χ2v) is 7.75. The van der Waals surface area contributed by atoms with Crippen LogP contribution in [0.5, 0.6) is 11.5 Å². The van der Waals surface area contributed by atoms with Crippen LogP contribution in [0.1, 0.15) is 28.7 Å². The predicted molar refractivity (Wildman–Crippen MR) is 122 cm³/mol. The molecule has 0 spiro atoms. The topological polar surface area (TPSA) is 84.0 Å². The molecular formula is C24H30N4O4. The maximum absolute atomic E-state index is 12.1. The van der Waals surface area contributed by atoms with E-state index in [0.717, 1.165) is 47.2 Å². The zero-order valence-electron chi connectivity index (χ0n) is 19.2. The molecule has 1 atom stereocenters. The third-order valence-corrected chi connectivity index (χ3v) is 5.77. The van der Waals surface area contributed by atoms with Crippen molar-refractivity contribution in [2.24, 2.45) is 0 Å². The summed E-state index contributed by atoms with van der Waals surface area (Å²) in [4.78, 5) is 31.2. The maximum atomic E-state index is 12.1. The van der Waals surface area contributed by atoms with Gasteiger partial charge < -0.3 is 19.7 Å². The summed E-state index contributed by atoms with van der Waals surface area (Å²) in [5.41, 5.74) is 4.50. The number of aryl methyl sites for hydroxylation is 1. The molecule has 0 aliphatic carbocycles. The number of hydrogen-bond donors (Lipinski definition) is 1. The van der Waals surface area contributed by atoms with Crippen molar-refractivity contribution >= 4 is 17.9 Å². The second kappa shape index (κ2) is 10.3. The quantitative estimate of drug-likeness (QED) is 0.605. The SMILES string of the molecule is CNC(=O)C1CCN1Cc1c(OC)cc(/C(=C/N(C)C=O)c2ccncc2C)cc1OC. The van der Waals surface area contributed by atoms with Gasteiger partial charge in [-0.3, -0.25) is 19.5 Å². The van der Waals surface area contributed by atoms with Crippen LogP contribution in [0, 0.1) is 6.92 Å². The Labute approximate surface area is 188 Å². The average molecular weight is 439 g/mol. The minimum atomic E-state index is -0.148. The van der Waals surface area contributed by atoms with Crippen LogP contribution in [-0.2, 0) is 16.1 Å². The standard InChI is InChI=1S/C24H30N4O4/c1-16-12-26-8-6-18(16)19(13-27(3)15-29)17-10-22(31-4)20(23(11-17)32-5)14-28-9-7-21(28)24(30)25-2/h6,8,10-13,15,21H,7,9,14H2,1-5H3,(H,25,30)/b19-13-. The molecule has 0 saturated carbocycles. The van der Waals surface area contributed by atoms with Crippen molar-refractivity contribution in [3.05, 3.63) is 59.0 Å². The van der Waals surface area contributed by atoms with E-state index in [1.54, 1.807) is 46.9 Å². The lowest BCUT2D eigenvalue weighted by Gasteiger charge is -2.39. The summed E-state index contributed by atoms with van der Waals surface area (Å²) < 4.78 is 11.5. The highest BCUT2D eigenvalue weighted by molar-refractivity contribution is 5.84. The van der Waals surface area contributed by atoms with Gasteiger partial charge in [0.2, 0.25) is 12.3 Å². The third-order valence-electron chi connectivity index (χ3n) is 5.77. The number of aromatic nitrogens is 1. The van der Waals surface area contributed by atoms with E-state index in [2.05, 4.69) is 15.2 Å². The number of amides is 2. The Kier molecular flexibility index (Phi) is 7.48. The van der Waals surface area contributed by atoms with Gasteiger partial charge in [0, 0.05) is 51.4 Å². The van der Waals surface area contributed by atoms with Gasteiger partial charge in [0.25, 0.3) is 0 Å². The summed E-state index contributed by atoms with van der Waals surface area (Å²) in [6, 6.07) is 5.65. The highest BCUT2D eigenvalue weighted by atomic mass is 16.5. The minimum Gasteiger partial charge on any atom is -0.496 e. The first-order valence-corrected chi connectivity index (χ1v) is 10.4. The van der Waals surface area contributed by atoms with E-state index in [0.29, 0.717) is 18.0 Å². The van der Waals surface area contributed by atoms with Crippen molar-refractivity contribution in [3.63, 3.8) is 0 Å². The van der Waals surface area contributed by atoms with E-state index >= 15 is 0 Å². The van der Waals surface area contributed by atoms with E-state index in [9.17, 15) is 9.59 Å². The molecule has 1 saturated heterocycles. The van der Waals surface area contributed by atoms with Gasteiger partial charge in [-0.2, -0.15) is 0 Å². The van der Waals surface area contributed by atoms with Gasteiger partial charge in [-0.05, 0) is 48.2 Å². The number of carbonyl (C=O) groups is 2. The molecule has 2 heterocycles. The van der Waals surface area contributed by atoms with Crippen LogP contribution in [0.3, 0.4) is 0 Å². The minimum absolute atomic E-state index is 0.0149. The Hall–Kier alpha value is -3.39. The summed E-state index contributed by atoms with van der Waals surface area (Å²) in [6.07, 6.45) is 6.87. The highest BCUT2D eigenvalue weighted by Gasteiger charge is 2.34. The Morgan fingerprint density at radius 1 is 1.31 bits per heavy atom. The molecule has 8 heteroatoms. The molecule has 2 amide bonds. The predicted octanol–water partition coefficient (Wildman–Crippen LogP) is 2.20. The van der Waals surface area contributed by atoms with E-state index < -0.39 is 0 Å². The molecule has 1 aliphatic rings. The van der Waals surface area contributed by atoms with Crippen LogP contribution in [-0.4, -0.2) is 68.0 Å². The molecule has 0 bridgehead atoms. The lowest BCUT2D eigenvalue weighted by molar-refractivity contribution is -0.130. The molecule has 3 rings (SSSR count). The van der Waals surface area contributed by atoms with Crippen molar-refractivity contribution in [1.29, 1.82) is 0 Å². The second-order valence-electron chi connectivity index (χ2n) is 7.75. The van der Waals surface area contributed by atoms with E-state index in [4.69, 9.17) is 9.47 Å². The van der Waals surface area contributed by atoms with Gasteiger partial charge in [0.05, 0.1) is 25.8 Å². The largest absolute Gasteiger partial charge is 0.496 e. The number of rotatable bonds is 9. The van der Waals surface area contributed by atoms with Gasteiger partial charge in [-0.1, -0.05) is 0 Å². The first-order valence-electron chi connectivity index (χ1n) is 10.4. The van der Waals surface area contributed by atoms with Crippen LogP contribution in [0.25, 0.3) is 5.57 Å².